The van der Waals surface area contributed by atoms with Gasteiger partial charge in [0, 0.05) is 24.3 Å². The largest absolute Gasteiger partial charge is 0.494 e. The van der Waals surface area contributed by atoms with Crippen LogP contribution in [0.15, 0.2) is 42.5 Å². The van der Waals surface area contributed by atoms with Crippen molar-refractivity contribution < 1.29 is 14.3 Å². The highest BCUT2D eigenvalue weighted by Crippen LogP contribution is 2.28. The number of amides is 2. The van der Waals surface area contributed by atoms with Crippen molar-refractivity contribution in [3.63, 3.8) is 0 Å². The van der Waals surface area contributed by atoms with Gasteiger partial charge in [-0.3, -0.25) is 9.59 Å². The van der Waals surface area contributed by atoms with E-state index in [1.807, 2.05) is 56.3 Å². The van der Waals surface area contributed by atoms with E-state index >= 15 is 0 Å². The molecule has 142 valence electrons. The lowest BCUT2D eigenvalue weighted by molar-refractivity contribution is -0.122. The van der Waals surface area contributed by atoms with Gasteiger partial charge in [0.15, 0.2) is 0 Å². The van der Waals surface area contributed by atoms with Crippen LogP contribution >= 0.6 is 0 Å². The van der Waals surface area contributed by atoms with E-state index < -0.39 is 0 Å². The lowest BCUT2D eigenvalue weighted by Gasteiger charge is -2.17. The van der Waals surface area contributed by atoms with Gasteiger partial charge >= 0.3 is 0 Å². The van der Waals surface area contributed by atoms with Crippen LogP contribution in [-0.2, 0) is 9.59 Å². The van der Waals surface area contributed by atoms with Crippen molar-refractivity contribution in [1.29, 1.82) is 0 Å². The van der Waals surface area contributed by atoms with Crippen molar-refractivity contribution in [3.05, 3.63) is 53.6 Å². The molecule has 2 aromatic rings. The van der Waals surface area contributed by atoms with E-state index in [0.29, 0.717) is 13.2 Å². The molecule has 3 rings (SSSR count). The van der Waals surface area contributed by atoms with E-state index in [1.165, 1.54) is 0 Å². The second-order valence-electron chi connectivity index (χ2n) is 7.06. The molecule has 0 spiro atoms. The highest BCUT2D eigenvalue weighted by Gasteiger charge is 2.35. The Balaban J connectivity index is 1.65. The average Bonchev–Trinajstić information content (AvgIpc) is 3.04. The maximum atomic E-state index is 12.6. The second kappa shape index (κ2) is 8.25. The Hall–Kier alpha value is -2.82. The second-order valence-corrected chi connectivity index (χ2v) is 7.06. The van der Waals surface area contributed by atoms with Crippen LogP contribution in [0, 0.1) is 19.8 Å². The highest BCUT2D eigenvalue weighted by molar-refractivity contribution is 6.03. The summed E-state index contributed by atoms with van der Waals surface area (Å²) in [6.45, 7) is 7.11. The Morgan fingerprint density at radius 3 is 2.59 bits per heavy atom. The summed E-state index contributed by atoms with van der Waals surface area (Å²) in [7, 11) is 0. The molecule has 0 aromatic heterocycles. The minimum Gasteiger partial charge on any atom is -0.494 e. The molecule has 0 radical (unpaired) electrons. The molecule has 1 heterocycles. The summed E-state index contributed by atoms with van der Waals surface area (Å²) in [5.74, 6) is 0.296. The lowest BCUT2D eigenvalue weighted by atomic mass is 10.1. The van der Waals surface area contributed by atoms with E-state index in [-0.39, 0.29) is 24.2 Å². The van der Waals surface area contributed by atoms with Crippen LogP contribution in [0.5, 0.6) is 5.75 Å². The number of hydrogen-bond acceptors (Lipinski definition) is 3. The molecular formula is C22H26N2O3. The fourth-order valence-electron chi connectivity index (χ4n) is 3.26. The van der Waals surface area contributed by atoms with Crippen LogP contribution in [0.3, 0.4) is 0 Å². The van der Waals surface area contributed by atoms with E-state index in [9.17, 15) is 9.59 Å². The van der Waals surface area contributed by atoms with Crippen molar-refractivity contribution in [2.24, 2.45) is 5.92 Å². The third-order valence-corrected chi connectivity index (χ3v) is 4.76. The first-order valence-corrected chi connectivity index (χ1v) is 9.39. The van der Waals surface area contributed by atoms with Gasteiger partial charge < -0.3 is 15.0 Å². The van der Waals surface area contributed by atoms with Gasteiger partial charge in [-0.1, -0.05) is 24.6 Å². The molecule has 1 N–H and O–H groups in total. The number of rotatable bonds is 6. The summed E-state index contributed by atoms with van der Waals surface area (Å²) >= 11 is 0. The summed E-state index contributed by atoms with van der Waals surface area (Å²) < 4.78 is 5.58. The van der Waals surface area contributed by atoms with Crippen LogP contribution in [0.2, 0.25) is 0 Å². The zero-order valence-corrected chi connectivity index (χ0v) is 16.1. The predicted molar refractivity (Wildman–Crippen MR) is 107 cm³/mol. The molecule has 1 atom stereocenters. The van der Waals surface area contributed by atoms with Crippen LogP contribution in [0.1, 0.15) is 30.9 Å². The number of carbonyl (C=O) groups is 2. The van der Waals surface area contributed by atoms with Crippen molar-refractivity contribution in [1.82, 2.24) is 0 Å². The summed E-state index contributed by atoms with van der Waals surface area (Å²) in [5.41, 5.74) is 3.77. The maximum Gasteiger partial charge on any atom is 0.229 e. The van der Waals surface area contributed by atoms with Crippen LogP contribution in [0.4, 0.5) is 11.4 Å². The zero-order chi connectivity index (χ0) is 19.4. The van der Waals surface area contributed by atoms with Gasteiger partial charge in [0.05, 0.1) is 12.5 Å². The zero-order valence-electron chi connectivity index (χ0n) is 16.1. The van der Waals surface area contributed by atoms with E-state index in [0.717, 1.165) is 34.7 Å². The molecule has 0 bridgehead atoms. The summed E-state index contributed by atoms with van der Waals surface area (Å²) in [6, 6.07) is 13.4. The quantitative estimate of drug-likeness (QED) is 0.838. The van der Waals surface area contributed by atoms with Crippen LogP contribution in [-0.4, -0.2) is 25.0 Å². The van der Waals surface area contributed by atoms with E-state index in [2.05, 4.69) is 12.2 Å². The van der Waals surface area contributed by atoms with Crippen LogP contribution < -0.4 is 15.0 Å². The fourth-order valence-corrected chi connectivity index (χ4v) is 3.26. The Labute approximate surface area is 160 Å². The summed E-state index contributed by atoms with van der Waals surface area (Å²) in [4.78, 5) is 26.7. The third kappa shape index (κ3) is 4.48. The topological polar surface area (TPSA) is 58.6 Å². The van der Waals surface area contributed by atoms with Crippen molar-refractivity contribution in [2.75, 3.05) is 23.4 Å². The number of aryl methyl sites for hydroxylation is 2. The normalized spacial score (nSPS) is 16.5. The Morgan fingerprint density at radius 2 is 1.93 bits per heavy atom. The van der Waals surface area contributed by atoms with Crippen LogP contribution in [0.25, 0.3) is 0 Å². The van der Waals surface area contributed by atoms with Crippen molar-refractivity contribution >= 4 is 23.2 Å². The monoisotopic (exact) mass is 366 g/mol. The first kappa shape index (κ1) is 19.0. The summed E-state index contributed by atoms with van der Waals surface area (Å²) in [6.07, 6.45) is 1.18. The molecule has 2 amide bonds. The van der Waals surface area contributed by atoms with Gasteiger partial charge in [0.1, 0.15) is 5.75 Å². The number of nitrogens with zero attached hydrogens (tertiary/aromatic N) is 1. The fraction of sp³-hybridized carbons (Fsp3) is 0.364. The molecule has 27 heavy (non-hydrogen) atoms. The molecule has 5 nitrogen and oxygen atoms in total. The van der Waals surface area contributed by atoms with Gasteiger partial charge in [0.2, 0.25) is 11.8 Å². The predicted octanol–water partition coefficient (Wildman–Crippen LogP) is 4.08. The number of hydrogen-bond donors (Lipinski definition) is 1. The Bertz CT molecular complexity index is 830. The van der Waals surface area contributed by atoms with Gasteiger partial charge in [-0.2, -0.15) is 0 Å². The van der Waals surface area contributed by atoms with Gasteiger partial charge in [0.25, 0.3) is 0 Å². The number of carbonyl (C=O) groups excluding carboxylic acids is 2. The molecule has 2 aromatic carbocycles. The molecule has 1 fully saturated rings. The van der Waals surface area contributed by atoms with Crippen molar-refractivity contribution in [3.8, 4) is 5.75 Å². The number of nitrogens with one attached hydrogen (secondary N) is 1. The minimum absolute atomic E-state index is 0.0296. The van der Waals surface area contributed by atoms with E-state index in [4.69, 9.17) is 4.74 Å². The SMILES string of the molecule is CCCOc1ccc(N2C[C@@H](C(=O)Nc3ccc(C)cc3C)CC2=O)cc1. The Kier molecular flexibility index (Phi) is 5.79. The highest BCUT2D eigenvalue weighted by atomic mass is 16.5. The molecular weight excluding hydrogens is 340 g/mol. The third-order valence-electron chi connectivity index (χ3n) is 4.76. The first-order valence-electron chi connectivity index (χ1n) is 9.39. The average molecular weight is 366 g/mol. The standard InChI is InChI=1S/C22H26N2O3/c1-4-11-27-19-8-6-18(7-9-19)24-14-17(13-21(24)25)22(26)23-20-10-5-15(2)12-16(20)3/h5-10,12,17H,4,11,13-14H2,1-3H3,(H,23,26)/t17-/m0/s1. The number of anilines is 2. The minimum atomic E-state index is -0.353. The molecule has 1 aliphatic heterocycles. The smallest absolute Gasteiger partial charge is 0.229 e. The first-order chi connectivity index (χ1) is 13.0. The van der Waals surface area contributed by atoms with Gasteiger partial charge in [-0.15, -0.1) is 0 Å². The molecule has 0 unspecified atom stereocenters. The van der Waals surface area contributed by atoms with Crippen molar-refractivity contribution in [2.45, 2.75) is 33.6 Å². The molecule has 1 aliphatic rings. The molecule has 0 aliphatic carbocycles. The van der Waals surface area contributed by atoms with Gasteiger partial charge in [-0.25, -0.2) is 0 Å². The molecule has 1 saturated heterocycles. The summed E-state index contributed by atoms with van der Waals surface area (Å²) in [5, 5.41) is 2.97. The number of benzene rings is 2. The molecule has 0 saturated carbocycles. The number of ether oxygens (including phenoxy) is 1. The van der Waals surface area contributed by atoms with Gasteiger partial charge in [-0.05, 0) is 56.2 Å². The maximum absolute atomic E-state index is 12.6. The lowest BCUT2D eigenvalue weighted by Crippen LogP contribution is -2.28. The van der Waals surface area contributed by atoms with E-state index in [1.54, 1.807) is 4.90 Å². The Morgan fingerprint density at radius 1 is 1.19 bits per heavy atom. The molecule has 5 heteroatoms.